The largest absolute Gasteiger partial charge is 0.434 e. The first-order valence-electron chi connectivity index (χ1n) is 15.3. The molecule has 2 aliphatic heterocycles. The van der Waals surface area contributed by atoms with E-state index in [9.17, 15) is 18.4 Å². The third kappa shape index (κ3) is 6.71. The molecule has 48 heavy (non-hydrogen) atoms. The second-order valence-corrected chi connectivity index (χ2v) is 12.5. The minimum atomic E-state index is -3.12. The van der Waals surface area contributed by atoms with Gasteiger partial charge in [0, 0.05) is 68.1 Å². The quantitative estimate of drug-likeness (QED) is 0.235. The van der Waals surface area contributed by atoms with E-state index < -0.39 is 12.5 Å². The minimum Gasteiger partial charge on any atom is -0.434 e. The van der Waals surface area contributed by atoms with E-state index in [1.165, 1.54) is 39.0 Å². The number of morpholine rings is 1. The molecule has 16 heteroatoms. The van der Waals surface area contributed by atoms with Crippen molar-refractivity contribution in [2.45, 2.75) is 13.2 Å². The van der Waals surface area contributed by atoms with Crippen LogP contribution < -0.4 is 10.1 Å². The number of ether oxygens (including phenoxy) is 2. The van der Waals surface area contributed by atoms with Gasteiger partial charge in [0.1, 0.15) is 23.6 Å². The Bertz CT molecular complexity index is 2010. The average molecular weight is 676 g/mol. The number of carbonyl (C=O) groups is 2. The Hall–Kier alpha value is -4.95. The van der Waals surface area contributed by atoms with Crippen molar-refractivity contribution in [1.82, 2.24) is 39.1 Å². The van der Waals surface area contributed by atoms with Gasteiger partial charge in [0.15, 0.2) is 5.65 Å². The lowest BCUT2D eigenvalue weighted by molar-refractivity contribution is -0.134. The molecule has 2 saturated heterocycles. The summed E-state index contributed by atoms with van der Waals surface area (Å²) in [4.78, 5) is 38.3. The summed E-state index contributed by atoms with van der Waals surface area (Å²) in [6.07, 6.45) is 11.7. The van der Waals surface area contributed by atoms with E-state index in [0.717, 1.165) is 46.1 Å². The van der Waals surface area contributed by atoms with Crippen LogP contribution in [0.2, 0.25) is 0 Å². The average Bonchev–Trinajstić information content (AvgIpc) is 3.81. The highest BCUT2D eigenvalue weighted by atomic mass is 32.1. The fourth-order valence-electron chi connectivity index (χ4n) is 5.89. The summed E-state index contributed by atoms with van der Waals surface area (Å²) < 4.78 is 41.2. The van der Waals surface area contributed by atoms with E-state index in [1.807, 2.05) is 0 Å². The second kappa shape index (κ2) is 13.6. The van der Waals surface area contributed by atoms with Crippen molar-refractivity contribution in [3.63, 3.8) is 0 Å². The van der Waals surface area contributed by atoms with Crippen molar-refractivity contribution in [2.24, 2.45) is 0 Å². The van der Waals surface area contributed by atoms with Crippen LogP contribution in [0.3, 0.4) is 0 Å². The summed E-state index contributed by atoms with van der Waals surface area (Å²) in [5.74, 6) is 1.71. The molecule has 2 aliphatic rings. The molecular formula is C32H31F2N9O4S. The lowest BCUT2D eigenvalue weighted by Gasteiger charge is -2.38. The molecule has 4 aromatic heterocycles. The van der Waals surface area contributed by atoms with Gasteiger partial charge in [-0.05, 0) is 29.7 Å². The van der Waals surface area contributed by atoms with Crippen molar-refractivity contribution < 1.29 is 27.8 Å². The number of hydrogen-bond donors (Lipinski definition) is 1. The maximum Gasteiger partial charge on any atom is 0.387 e. The molecule has 0 atom stereocenters. The van der Waals surface area contributed by atoms with Gasteiger partial charge >= 0.3 is 6.61 Å². The zero-order valence-electron chi connectivity index (χ0n) is 25.7. The van der Waals surface area contributed by atoms with Crippen LogP contribution in [0, 0.1) is 12.3 Å². The Morgan fingerprint density at radius 2 is 1.90 bits per heavy atom. The van der Waals surface area contributed by atoms with Crippen molar-refractivity contribution >= 4 is 44.6 Å². The molecular weight excluding hydrogens is 644 g/mol. The number of rotatable bonds is 9. The molecule has 13 nitrogen and oxygen atoms in total. The highest BCUT2D eigenvalue weighted by molar-refractivity contribution is 7.19. The molecule has 2 fully saturated rings. The lowest BCUT2D eigenvalue weighted by Crippen LogP contribution is -2.53. The molecule has 6 heterocycles. The molecule has 248 valence electrons. The number of benzene rings is 1. The van der Waals surface area contributed by atoms with Crippen LogP contribution in [0.1, 0.15) is 15.2 Å². The number of halogens is 2. The summed E-state index contributed by atoms with van der Waals surface area (Å²) in [5.41, 5.74) is 1.05. The van der Waals surface area contributed by atoms with E-state index >= 15 is 0 Å². The van der Waals surface area contributed by atoms with Gasteiger partial charge in [0.2, 0.25) is 5.91 Å². The molecule has 0 saturated carbocycles. The smallest absolute Gasteiger partial charge is 0.387 e. The van der Waals surface area contributed by atoms with Crippen molar-refractivity contribution in [3.8, 4) is 29.4 Å². The molecule has 0 radical (unpaired) electrons. The molecule has 0 bridgehead atoms. The lowest BCUT2D eigenvalue weighted by atomic mass is 10.1. The first kappa shape index (κ1) is 31.6. The van der Waals surface area contributed by atoms with E-state index in [-0.39, 0.29) is 40.7 Å². The van der Waals surface area contributed by atoms with E-state index in [4.69, 9.17) is 15.9 Å². The van der Waals surface area contributed by atoms with Crippen molar-refractivity contribution in [3.05, 3.63) is 59.5 Å². The number of fused-ring (bicyclic) bond motifs is 2. The zero-order chi connectivity index (χ0) is 33.2. The first-order chi connectivity index (χ1) is 23.3. The number of terminal acetylenes is 1. The predicted molar refractivity (Wildman–Crippen MR) is 174 cm³/mol. The highest BCUT2D eigenvalue weighted by Gasteiger charge is 2.26. The number of hydrogen-bond acceptors (Lipinski definition) is 10. The molecule has 5 aromatic rings. The van der Waals surface area contributed by atoms with Crippen LogP contribution in [0.4, 0.5) is 14.5 Å². The van der Waals surface area contributed by atoms with Gasteiger partial charge in [-0.1, -0.05) is 5.92 Å². The number of anilines is 1. The van der Waals surface area contributed by atoms with Gasteiger partial charge in [-0.25, -0.2) is 9.50 Å². The molecule has 1 aromatic carbocycles. The van der Waals surface area contributed by atoms with Crippen molar-refractivity contribution in [1.29, 1.82) is 0 Å². The van der Waals surface area contributed by atoms with Crippen LogP contribution in [0.15, 0.2) is 49.1 Å². The van der Waals surface area contributed by atoms with Gasteiger partial charge < -0.3 is 19.7 Å². The monoisotopic (exact) mass is 675 g/mol. The maximum atomic E-state index is 13.6. The van der Waals surface area contributed by atoms with E-state index in [2.05, 4.69) is 36.2 Å². The number of carbonyl (C=O) groups excluding carboxylic acids is 2. The Morgan fingerprint density at radius 1 is 1.10 bits per heavy atom. The topological polar surface area (TPSA) is 122 Å². The summed E-state index contributed by atoms with van der Waals surface area (Å²) >= 11 is 1.31. The van der Waals surface area contributed by atoms with Gasteiger partial charge in [-0.15, -0.1) is 17.8 Å². The number of nitrogens with zero attached hydrogens (tertiary/aromatic N) is 8. The van der Waals surface area contributed by atoms with E-state index in [1.54, 1.807) is 35.5 Å². The summed E-state index contributed by atoms with van der Waals surface area (Å²) in [6, 6.07) is 6.51. The molecule has 1 N–H and O–H groups in total. The fraction of sp³-hybridized carbons (Fsp3) is 0.344. The van der Waals surface area contributed by atoms with Crippen LogP contribution in [-0.2, 0) is 16.1 Å². The molecule has 7 rings (SSSR count). The van der Waals surface area contributed by atoms with Gasteiger partial charge in [0.05, 0.1) is 36.6 Å². The zero-order valence-corrected chi connectivity index (χ0v) is 26.5. The van der Waals surface area contributed by atoms with Crippen LogP contribution in [0.25, 0.3) is 27.0 Å². The normalized spacial score (nSPS) is 16.1. The fourth-order valence-corrected chi connectivity index (χ4v) is 6.78. The third-order valence-corrected chi connectivity index (χ3v) is 9.32. The Labute approximate surface area is 277 Å². The highest BCUT2D eigenvalue weighted by Crippen LogP contribution is 2.40. The standard InChI is InChI=1S/C32H31F2N9O4S/c1-2-22-14-21-15-26(47-32(33)34)23(16-27(21)48-22)29-25(37-31(45)24-17-36-43-5-3-4-35-30(24)43)18-42(38-29)19-28(44)41-8-6-39(7-9-41)20-40-10-12-46-13-11-40/h1,3-5,14-18,32H,6-13,19-20H2,(H,37,45). The Morgan fingerprint density at radius 3 is 2.67 bits per heavy atom. The maximum absolute atomic E-state index is 13.6. The third-order valence-electron chi connectivity index (χ3n) is 8.29. The molecule has 2 amide bonds. The van der Waals surface area contributed by atoms with Crippen LogP contribution in [0.5, 0.6) is 5.75 Å². The van der Waals surface area contributed by atoms with Gasteiger partial charge in [-0.3, -0.25) is 24.1 Å². The number of alkyl halides is 2. The molecule has 0 spiro atoms. The summed E-state index contributed by atoms with van der Waals surface area (Å²) in [6.45, 7) is 3.40. The number of thiophene rings is 1. The Balaban J connectivity index is 1.17. The number of piperazine rings is 1. The Kier molecular flexibility index (Phi) is 9.00. The van der Waals surface area contributed by atoms with Crippen LogP contribution >= 0.6 is 11.3 Å². The van der Waals surface area contributed by atoms with Gasteiger partial charge in [-0.2, -0.15) is 19.0 Å². The van der Waals surface area contributed by atoms with E-state index in [0.29, 0.717) is 33.7 Å². The van der Waals surface area contributed by atoms with Gasteiger partial charge in [0.25, 0.3) is 5.91 Å². The summed E-state index contributed by atoms with van der Waals surface area (Å²) in [5, 5.41) is 12.3. The molecule has 0 unspecified atom stereocenters. The van der Waals surface area contributed by atoms with Crippen molar-refractivity contribution in [2.75, 3.05) is 64.5 Å². The minimum absolute atomic E-state index is 0.127. The number of amides is 2. The summed E-state index contributed by atoms with van der Waals surface area (Å²) in [7, 11) is 0. The first-order valence-corrected chi connectivity index (χ1v) is 16.1. The van der Waals surface area contributed by atoms with Crippen LogP contribution in [-0.4, -0.2) is 117 Å². The molecule has 0 aliphatic carbocycles. The second-order valence-electron chi connectivity index (χ2n) is 11.4. The number of aromatic nitrogens is 5. The SMILES string of the molecule is C#Cc1cc2cc(OC(F)F)c(-c3nn(CC(=O)N4CCN(CN5CCOCC5)CC4)cc3NC(=O)c3cnn4cccnc34)cc2s1. The number of nitrogens with one attached hydrogen (secondary N) is 1. The predicted octanol–water partition coefficient (Wildman–Crippen LogP) is 3.08.